The molecule has 0 unspecified atom stereocenters. The van der Waals surface area contributed by atoms with Crippen molar-refractivity contribution in [2.24, 2.45) is 0 Å². The lowest BCUT2D eigenvalue weighted by molar-refractivity contribution is -0.106. The number of nitrogens with one attached hydrogen (secondary N) is 1. The largest absolute Gasteiger partial charge is 0.382 e. The Morgan fingerprint density at radius 1 is 1.21 bits per heavy atom. The van der Waals surface area contributed by atoms with E-state index >= 15 is 4.39 Å². The van der Waals surface area contributed by atoms with Crippen molar-refractivity contribution in [2.45, 2.75) is 12.0 Å². The zero-order valence-corrected chi connectivity index (χ0v) is 18.7. The third-order valence-electron chi connectivity index (χ3n) is 5.03. The number of rotatable bonds is 6. The van der Waals surface area contributed by atoms with Crippen molar-refractivity contribution in [1.29, 1.82) is 0 Å². The fourth-order valence-corrected chi connectivity index (χ4v) is 3.78. The molecule has 2 heterocycles. The van der Waals surface area contributed by atoms with Crippen LogP contribution in [0.2, 0.25) is 10.0 Å². The molecule has 1 amide bonds. The highest BCUT2D eigenvalue weighted by Crippen LogP contribution is 2.33. The molecule has 0 aliphatic heterocycles. The van der Waals surface area contributed by atoms with Gasteiger partial charge in [-0.1, -0.05) is 35.3 Å². The first-order chi connectivity index (χ1) is 16.1. The molecular weight excluding hydrogens is 494 g/mol. The number of alkyl halides is 2. The summed E-state index contributed by atoms with van der Waals surface area (Å²) in [5.41, 5.74) is 5.47. The van der Waals surface area contributed by atoms with E-state index in [0.29, 0.717) is 11.2 Å². The highest BCUT2D eigenvalue weighted by Gasteiger charge is 2.40. The van der Waals surface area contributed by atoms with E-state index < -0.39 is 35.9 Å². The van der Waals surface area contributed by atoms with Gasteiger partial charge in [-0.05, 0) is 47.5 Å². The summed E-state index contributed by atoms with van der Waals surface area (Å²) in [5.74, 6) is -5.94. The zero-order chi connectivity index (χ0) is 24.6. The molecule has 12 heteroatoms. The lowest BCUT2D eigenvalue weighted by atomic mass is 10.0. The molecule has 7 nitrogen and oxygen atoms in total. The first kappa shape index (κ1) is 23.8. The van der Waals surface area contributed by atoms with Crippen LogP contribution in [0.15, 0.2) is 54.7 Å². The Bertz CT molecular complexity index is 1400. The number of fused-ring (bicyclic) bond motifs is 1. The van der Waals surface area contributed by atoms with Crippen molar-refractivity contribution in [2.75, 3.05) is 12.3 Å². The average Bonchev–Trinajstić information content (AvgIpc) is 3.16. The van der Waals surface area contributed by atoms with E-state index in [4.69, 9.17) is 28.9 Å². The summed E-state index contributed by atoms with van der Waals surface area (Å²) < 4.78 is 45.8. The number of nitrogens with two attached hydrogens (primary N) is 1. The van der Waals surface area contributed by atoms with Gasteiger partial charge >= 0.3 is 0 Å². The van der Waals surface area contributed by atoms with Crippen molar-refractivity contribution in [3.8, 4) is 11.1 Å². The number of nitrogens with zero attached hydrogens (tertiary/aromatic N) is 3. The minimum atomic E-state index is -3.78. The maximum Gasteiger partial charge on any atom is 0.294 e. The van der Waals surface area contributed by atoms with E-state index in [1.54, 1.807) is 0 Å². The second kappa shape index (κ2) is 9.13. The number of aromatic nitrogens is 3. The van der Waals surface area contributed by atoms with E-state index in [2.05, 4.69) is 10.1 Å². The van der Waals surface area contributed by atoms with Gasteiger partial charge in [-0.3, -0.25) is 4.79 Å². The molecular formula is C22H16Cl2F3N5O2. The van der Waals surface area contributed by atoms with Gasteiger partial charge in [-0.15, -0.1) is 5.10 Å². The van der Waals surface area contributed by atoms with Crippen LogP contribution in [0, 0.1) is 5.82 Å². The summed E-state index contributed by atoms with van der Waals surface area (Å²) in [7, 11) is 0. The molecule has 0 saturated carbocycles. The van der Waals surface area contributed by atoms with E-state index in [-0.39, 0.29) is 27.1 Å². The second-order valence-corrected chi connectivity index (χ2v) is 8.22. The first-order valence-corrected chi connectivity index (χ1v) is 10.5. The third kappa shape index (κ3) is 4.65. The van der Waals surface area contributed by atoms with Gasteiger partial charge in [0.15, 0.2) is 5.65 Å². The number of pyridine rings is 1. The van der Waals surface area contributed by atoms with Gasteiger partial charge in [0.2, 0.25) is 5.95 Å². The molecule has 0 spiro atoms. The van der Waals surface area contributed by atoms with Gasteiger partial charge in [0, 0.05) is 16.8 Å². The van der Waals surface area contributed by atoms with E-state index in [1.807, 2.05) is 5.32 Å². The minimum Gasteiger partial charge on any atom is -0.382 e. The number of amides is 1. The molecule has 0 aliphatic carbocycles. The summed E-state index contributed by atoms with van der Waals surface area (Å²) in [6, 6.07) is 11.0. The molecule has 4 rings (SSSR count). The van der Waals surface area contributed by atoms with Crippen molar-refractivity contribution in [3.63, 3.8) is 0 Å². The molecule has 2 aromatic heterocycles. The maximum absolute atomic E-state index is 15.3. The standard InChI is InChI=1S/C22H16Cl2F3N5O2/c23-13-3-1-2-12(8-13)19(33)22(26,27)10-29-20(34)17-15(24)5-4-14(18(17)25)11-6-7-32-16(9-11)30-21(28)31-32/h1-9,19,33H,10H2,(H2,28,31)(H,29,34)/t19-/m0/s1. The van der Waals surface area contributed by atoms with Crippen LogP contribution in [0.1, 0.15) is 22.0 Å². The first-order valence-electron chi connectivity index (χ1n) is 9.76. The second-order valence-electron chi connectivity index (χ2n) is 7.37. The van der Waals surface area contributed by atoms with Crippen molar-refractivity contribution in [1.82, 2.24) is 19.9 Å². The molecule has 176 valence electrons. The summed E-state index contributed by atoms with van der Waals surface area (Å²) >= 11 is 11.8. The Labute approximate surface area is 200 Å². The number of aliphatic hydroxyl groups excluding tert-OH is 1. The number of carbonyl (C=O) groups excluding carboxylic acids is 1. The Morgan fingerprint density at radius 3 is 2.71 bits per heavy atom. The minimum absolute atomic E-state index is 0.00987. The third-order valence-corrected chi connectivity index (χ3v) is 5.58. The normalized spacial score (nSPS) is 12.6. The fraction of sp³-hybridized carbons (Fsp3) is 0.136. The fourth-order valence-electron chi connectivity index (χ4n) is 3.35. The topological polar surface area (TPSA) is 106 Å². The summed E-state index contributed by atoms with van der Waals surface area (Å²) in [5, 5.41) is 15.8. The summed E-state index contributed by atoms with van der Waals surface area (Å²) in [6.07, 6.45) is -0.750. The van der Waals surface area contributed by atoms with Crippen molar-refractivity contribution < 1.29 is 23.1 Å². The predicted molar refractivity (Wildman–Crippen MR) is 121 cm³/mol. The van der Waals surface area contributed by atoms with E-state index in [0.717, 1.165) is 0 Å². The van der Waals surface area contributed by atoms with Gasteiger partial charge in [0.25, 0.3) is 11.8 Å². The van der Waals surface area contributed by atoms with Gasteiger partial charge < -0.3 is 16.2 Å². The highest BCUT2D eigenvalue weighted by atomic mass is 35.5. The van der Waals surface area contributed by atoms with Crippen LogP contribution in [-0.4, -0.2) is 38.1 Å². The highest BCUT2D eigenvalue weighted by molar-refractivity contribution is 6.34. The zero-order valence-electron chi connectivity index (χ0n) is 17.1. The average molecular weight is 510 g/mol. The molecule has 0 saturated heterocycles. The molecule has 4 N–H and O–H groups in total. The number of hydrogen-bond acceptors (Lipinski definition) is 5. The van der Waals surface area contributed by atoms with Gasteiger partial charge in [-0.2, -0.15) is 4.98 Å². The summed E-state index contributed by atoms with van der Waals surface area (Å²) in [4.78, 5) is 16.6. The predicted octanol–water partition coefficient (Wildman–Crippen LogP) is 4.52. The van der Waals surface area contributed by atoms with Crippen LogP contribution in [0.4, 0.5) is 19.1 Å². The van der Waals surface area contributed by atoms with Crippen LogP contribution < -0.4 is 11.1 Å². The molecule has 0 aliphatic rings. The van der Waals surface area contributed by atoms with Crippen LogP contribution in [0.5, 0.6) is 0 Å². The smallest absolute Gasteiger partial charge is 0.294 e. The molecule has 4 aromatic rings. The quantitative estimate of drug-likeness (QED) is 0.354. The molecule has 0 fully saturated rings. The van der Waals surface area contributed by atoms with Crippen LogP contribution in [-0.2, 0) is 0 Å². The number of nitrogen functional groups attached to an aromatic ring is 1. The molecule has 2 aromatic carbocycles. The van der Waals surface area contributed by atoms with Crippen molar-refractivity contribution >= 4 is 40.7 Å². The molecule has 34 heavy (non-hydrogen) atoms. The molecule has 0 bridgehead atoms. The number of aliphatic hydroxyl groups is 1. The Balaban J connectivity index is 1.58. The SMILES string of the molecule is Nc1nc2cc(-c3ccc(Cl)c(C(=O)NCC(F)(F)[C@@H](O)c4cccc(Cl)c4)c3F)ccn2n1. The lowest BCUT2D eigenvalue weighted by Crippen LogP contribution is -2.41. The lowest BCUT2D eigenvalue weighted by Gasteiger charge is -2.23. The number of halogens is 5. The van der Waals surface area contributed by atoms with Gasteiger partial charge in [-0.25, -0.2) is 17.7 Å². The Morgan fingerprint density at radius 2 is 1.97 bits per heavy atom. The van der Waals surface area contributed by atoms with Crippen LogP contribution in [0.3, 0.4) is 0 Å². The number of benzene rings is 2. The number of carbonyl (C=O) groups is 1. The Hall–Kier alpha value is -3.34. The van der Waals surface area contributed by atoms with Crippen LogP contribution in [0.25, 0.3) is 16.8 Å². The van der Waals surface area contributed by atoms with E-state index in [1.165, 1.54) is 59.2 Å². The number of hydrogen-bond donors (Lipinski definition) is 3. The molecule has 0 radical (unpaired) electrons. The van der Waals surface area contributed by atoms with Crippen LogP contribution >= 0.6 is 23.2 Å². The van der Waals surface area contributed by atoms with Crippen molar-refractivity contribution in [3.05, 3.63) is 81.7 Å². The van der Waals surface area contributed by atoms with E-state index in [9.17, 15) is 18.7 Å². The summed E-state index contributed by atoms with van der Waals surface area (Å²) in [6.45, 7) is -1.27. The van der Waals surface area contributed by atoms with Gasteiger partial charge in [0.1, 0.15) is 11.9 Å². The monoisotopic (exact) mass is 509 g/mol. The van der Waals surface area contributed by atoms with Gasteiger partial charge in [0.05, 0.1) is 17.1 Å². The number of anilines is 1. The Kier molecular flexibility index (Phi) is 6.39. The molecule has 1 atom stereocenters. The maximum atomic E-state index is 15.3.